The van der Waals surface area contributed by atoms with Crippen LogP contribution in [0.5, 0.6) is 23.0 Å². The zero-order valence-corrected chi connectivity index (χ0v) is 22.4. The summed E-state index contributed by atoms with van der Waals surface area (Å²) in [7, 11) is 1.50. The molecule has 0 aliphatic carbocycles. The quantitative estimate of drug-likeness (QED) is 0.257. The van der Waals surface area contributed by atoms with Gasteiger partial charge in [-0.15, -0.1) is 0 Å². The summed E-state index contributed by atoms with van der Waals surface area (Å²) < 4.78 is 22.7. The molecule has 0 aromatic heterocycles. The van der Waals surface area contributed by atoms with Crippen molar-refractivity contribution >= 4 is 51.4 Å². The standard InChI is InChI=1S/C28H23ClN4O5S/c1-35-23-16-18(15-22(29)25(23)37-13-12-36-19-8-4-2-5-9-19)14-21-26(30)33-28(31-27(21)34)39-24(32-33)17-38-20-10-6-3-7-11-20/h2-11,14-16,30H,12-13,17H2,1H3/b21-14-,30-26?. The lowest BCUT2D eigenvalue weighted by molar-refractivity contribution is -0.114. The third kappa shape index (κ3) is 6.24. The first-order valence-corrected chi connectivity index (χ1v) is 13.1. The minimum atomic E-state index is -0.548. The summed E-state index contributed by atoms with van der Waals surface area (Å²) in [5.74, 6) is 1.52. The first kappa shape index (κ1) is 26.3. The van der Waals surface area contributed by atoms with Crippen molar-refractivity contribution in [3.05, 3.63) is 89.0 Å². The number of para-hydroxylation sites is 2. The van der Waals surface area contributed by atoms with E-state index in [2.05, 4.69) is 10.1 Å². The van der Waals surface area contributed by atoms with Crippen LogP contribution >= 0.6 is 23.4 Å². The third-order valence-corrected chi connectivity index (χ3v) is 6.67. The van der Waals surface area contributed by atoms with Crippen LogP contribution in [0.2, 0.25) is 5.02 Å². The second-order valence-electron chi connectivity index (χ2n) is 8.16. The molecule has 198 valence electrons. The number of hydrogen-bond acceptors (Lipinski definition) is 8. The molecule has 2 heterocycles. The van der Waals surface area contributed by atoms with E-state index in [1.807, 2.05) is 60.7 Å². The number of nitrogens with one attached hydrogen (secondary N) is 1. The second kappa shape index (κ2) is 12.1. The maximum atomic E-state index is 12.8. The Bertz CT molecular complexity index is 1480. The van der Waals surface area contributed by atoms with Crippen molar-refractivity contribution in [3.8, 4) is 23.0 Å². The van der Waals surface area contributed by atoms with Gasteiger partial charge < -0.3 is 18.9 Å². The molecule has 2 aliphatic heterocycles. The van der Waals surface area contributed by atoms with Crippen molar-refractivity contribution in [2.45, 2.75) is 0 Å². The summed E-state index contributed by atoms with van der Waals surface area (Å²) in [5, 5.41) is 15.5. The Morgan fingerprint density at radius 1 is 0.974 bits per heavy atom. The molecule has 0 bridgehead atoms. The molecule has 0 unspecified atom stereocenters. The largest absolute Gasteiger partial charge is 0.493 e. The summed E-state index contributed by atoms with van der Waals surface area (Å²) in [6.45, 7) is 0.746. The lowest BCUT2D eigenvalue weighted by atomic mass is 10.1. The average Bonchev–Trinajstić information content (AvgIpc) is 3.37. The Labute approximate surface area is 234 Å². The molecular formula is C28H23ClN4O5S. The monoisotopic (exact) mass is 562 g/mol. The van der Waals surface area contributed by atoms with Crippen LogP contribution in [0, 0.1) is 5.41 Å². The van der Waals surface area contributed by atoms with E-state index >= 15 is 0 Å². The summed E-state index contributed by atoms with van der Waals surface area (Å²) >= 11 is 7.69. The van der Waals surface area contributed by atoms with Crippen molar-refractivity contribution in [3.63, 3.8) is 0 Å². The Morgan fingerprint density at radius 3 is 2.33 bits per heavy atom. The van der Waals surface area contributed by atoms with Gasteiger partial charge in [0.2, 0.25) is 5.17 Å². The van der Waals surface area contributed by atoms with E-state index in [1.165, 1.54) is 30.0 Å². The molecule has 0 atom stereocenters. The molecule has 0 radical (unpaired) electrons. The smallest absolute Gasteiger partial charge is 0.283 e. The molecule has 1 amide bonds. The van der Waals surface area contributed by atoms with Crippen LogP contribution in [0.3, 0.4) is 0 Å². The number of fused-ring (bicyclic) bond motifs is 1. The number of amidine groups is 2. The van der Waals surface area contributed by atoms with Crippen molar-refractivity contribution in [2.24, 2.45) is 10.1 Å². The highest BCUT2D eigenvalue weighted by Gasteiger charge is 2.35. The first-order chi connectivity index (χ1) is 19.0. The number of hydrogen-bond donors (Lipinski definition) is 1. The number of ether oxygens (including phenoxy) is 4. The van der Waals surface area contributed by atoms with E-state index in [4.69, 9.17) is 36.0 Å². The molecule has 3 aromatic rings. The number of aliphatic imine (C=N–C) groups is 1. The number of carbonyl (C=O) groups is 1. The van der Waals surface area contributed by atoms with Gasteiger partial charge in [0.1, 0.15) is 36.4 Å². The average molecular weight is 563 g/mol. The maximum Gasteiger partial charge on any atom is 0.283 e. The summed E-state index contributed by atoms with van der Waals surface area (Å²) in [5.41, 5.74) is 0.608. The SMILES string of the molecule is COc1cc(/C=C2/C(=N)N3N=C(COc4ccccc4)SC3=NC2=O)cc(Cl)c1OCCOc1ccccc1. The number of amides is 1. The van der Waals surface area contributed by atoms with Crippen LogP contribution in [0.1, 0.15) is 5.56 Å². The van der Waals surface area contributed by atoms with Crippen LogP contribution in [0.4, 0.5) is 0 Å². The highest BCUT2D eigenvalue weighted by atomic mass is 35.5. The van der Waals surface area contributed by atoms with Gasteiger partial charge in [-0.05, 0) is 59.8 Å². The van der Waals surface area contributed by atoms with E-state index in [-0.39, 0.29) is 29.6 Å². The van der Waals surface area contributed by atoms with Crippen molar-refractivity contribution in [2.75, 3.05) is 26.9 Å². The van der Waals surface area contributed by atoms with Crippen LogP contribution in [0.15, 0.2) is 88.5 Å². The molecule has 39 heavy (non-hydrogen) atoms. The van der Waals surface area contributed by atoms with E-state index in [1.54, 1.807) is 12.1 Å². The normalized spacial score (nSPS) is 15.5. The summed E-state index contributed by atoms with van der Waals surface area (Å²) in [6.07, 6.45) is 1.53. The van der Waals surface area contributed by atoms with Gasteiger partial charge in [-0.25, -0.2) is 0 Å². The van der Waals surface area contributed by atoms with Crippen LogP contribution in [-0.2, 0) is 4.79 Å². The minimum Gasteiger partial charge on any atom is -0.493 e. The Kier molecular flexibility index (Phi) is 8.14. The molecule has 2 aliphatic rings. The fourth-order valence-corrected chi connectivity index (χ4v) is 4.77. The van der Waals surface area contributed by atoms with Gasteiger partial charge in [-0.3, -0.25) is 10.2 Å². The zero-order chi connectivity index (χ0) is 27.2. The van der Waals surface area contributed by atoms with Gasteiger partial charge in [-0.1, -0.05) is 48.0 Å². The van der Waals surface area contributed by atoms with Gasteiger partial charge in [-0.2, -0.15) is 15.1 Å². The topological polar surface area (TPSA) is 106 Å². The minimum absolute atomic E-state index is 0.0661. The summed E-state index contributed by atoms with van der Waals surface area (Å²) in [6, 6.07) is 22.0. The van der Waals surface area contributed by atoms with Gasteiger partial charge in [0.25, 0.3) is 5.91 Å². The van der Waals surface area contributed by atoms with E-state index in [0.29, 0.717) is 39.6 Å². The predicted octanol–water partition coefficient (Wildman–Crippen LogP) is 5.50. The number of halogens is 1. The molecular weight excluding hydrogens is 540 g/mol. The van der Waals surface area contributed by atoms with Gasteiger partial charge >= 0.3 is 0 Å². The predicted molar refractivity (Wildman–Crippen MR) is 152 cm³/mol. The fraction of sp³-hybridized carbons (Fsp3) is 0.143. The molecule has 0 saturated carbocycles. The highest BCUT2D eigenvalue weighted by Crippen LogP contribution is 2.37. The zero-order valence-electron chi connectivity index (χ0n) is 20.8. The fourth-order valence-electron chi connectivity index (χ4n) is 3.70. The van der Waals surface area contributed by atoms with E-state index in [9.17, 15) is 4.79 Å². The van der Waals surface area contributed by atoms with Crippen LogP contribution in [0.25, 0.3) is 6.08 Å². The summed E-state index contributed by atoms with van der Waals surface area (Å²) in [4.78, 5) is 16.9. The second-order valence-corrected chi connectivity index (χ2v) is 9.61. The number of nitrogens with zero attached hydrogens (tertiary/aromatic N) is 3. The highest BCUT2D eigenvalue weighted by molar-refractivity contribution is 8.27. The molecule has 0 saturated heterocycles. The molecule has 0 fully saturated rings. The number of thioether (sulfide) groups is 1. The Balaban J connectivity index is 1.27. The molecule has 5 rings (SSSR count). The van der Waals surface area contributed by atoms with Gasteiger partial charge in [0.15, 0.2) is 17.3 Å². The molecule has 0 spiro atoms. The van der Waals surface area contributed by atoms with Crippen molar-refractivity contribution in [1.29, 1.82) is 5.41 Å². The Morgan fingerprint density at radius 2 is 1.64 bits per heavy atom. The lowest BCUT2D eigenvalue weighted by Gasteiger charge is -2.20. The number of rotatable bonds is 10. The number of carbonyl (C=O) groups excluding carboxylic acids is 1. The van der Waals surface area contributed by atoms with E-state index < -0.39 is 5.91 Å². The van der Waals surface area contributed by atoms with Gasteiger partial charge in [0, 0.05) is 0 Å². The van der Waals surface area contributed by atoms with E-state index in [0.717, 1.165) is 5.75 Å². The molecule has 1 N–H and O–H groups in total. The first-order valence-electron chi connectivity index (χ1n) is 11.9. The van der Waals surface area contributed by atoms with Crippen molar-refractivity contribution < 1.29 is 23.7 Å². The Hall–Kier alpha value is -4.28. The molecule has 9 nitrogen and oxygen atoms in total. The molecule has 3 aromatic carbocycles. The van der Waals surface area contributed by atoms with Gasteiger partial charge in [0.05, 0.1) is 17.7 Å². The number of hydrazone groups is 1. The maximum absolute atomic E-state index is 12.8. The number of methoxy groups -OCH3 is 1. The van der Waals surface area contributed by atoms with Crippen molar-refractivity contribution in [1.82, 2.24) is 5.01 Å². The van der Waals surface area contributed by atoms with Crippen LogP contribution in [-0.4, -0.2) is 53.9 Å². The third-order valence-electron chi connectivity index (χ3n) is 5.51. The number of benzene rings is 3. The lowest BCUT2D eigenvalue weighted by Crippen LogP contribution is -2.35. The molecule has 11 heteroatoms. The van der Waals surface area contributed by atoms with Crippen LogP contribution < -0.4 is 18.9 Å².